The van der Waals surface area contributed by atoms with Crippen LogP contribution in [0.5, 0.6) is 0 Å². The third-order valence-corrected chi connectivity index (χ3v) is 2.93. The molecule has 3 nitrogen and oxygen atoms in total. The van der Waals surface area contributed by atoms with Crippen molar-refractivity contribution in [2.45, 2.75) is 19.8 Å². The van der Waals surface area contributed by atoms with Crippen molar-refractivity contribution in [1.82, 2.24) is 9.97 Å². The Hall–Kier alpha value is -1.68. The number of aryl methyl sites for hydroxylation is 1. The second-order valence-corrected chi connectivity index (χ2v) is 4.64. The van der Waals surface area contributed by atoms with E-state index in [9.17, 15) is 4.39 Å². The van der Waals surface area contributed by atoms with Crippen LogP contribution in [0.15, 0.2) is 30.3 Å². The van der Waals surface area contributed by atoms with E-state index in [2.05, 4.69) is 16.9 Å². The van der Waals surface area contributed by atoms with Crippen molar-refractivity contribution in [2.75, 3.05) is 11.9 Å². The summed E-state index contributed by atoms with van der Waals surface area (Å²) in [6.45, 7) is 2.06. The van der Waals surface area contributed by atoms with Gasteiger partial charge in [0.15, 0.2) is 0 Å². The van der Waals surface area contributed by atoms with Crippen LogP contribution in [0.3, 0.4) is 0 Å². The highest BCUT2D eigenvalue weighted by molar-refractivity contribution is 6.29. The average Bonchev–Trinajstić information content (AvgIpc) is 2.37. The van der Waals surface area contributed by atoms with Gasteiger partial charge < -0.3 is 4.90 Å². The zero-order valence-electron chi connectivity index (χ0n) is 10.9. The van der Waals surface area contributed by atoms with E-state index in [0.29, 0.717) is 16.8 Å². The maximum atomic E-state index is 13.2. The molecule has 2 aromatic rings. The minimum atomic E-state index is -0.279. The molecule has 0 spiro atoms. The first kappa shape index (κ1) is 13.7. The highest BCUT2D eigenvalue weighted by Gasteiger charge is 2.09. The first-order chi connectivity index (χ1) is 9.10. The molecule has 0 bridgehead atoms. The summed E-state index contributed by atoms with van der Waals surface area (Å²) in [7, 11) is 1.82. The standard InChI is InChI=1S/C14H15ClFN3/c1-3-5-13-17-12(15)9-14(18-13)19(2)11-7-4-6-10(16)8-11/h4,6-9H,3,5H2,1-2H3. The normalized spacial score (nSPS) is 10.5. The Kier molecular flexibility index (Phi) is 4.32. The highest BCUT2D eigenvalue weighted by Crippen LogP contribution is 2.24. The quantitative estimate of drug-likeness (QED) is 0.793. The Labute approximate surface area is 117 Å². The molecule has 0 aliphatic rings. The largest absolute Gasteiger partial charge is 0.329 e. The zero-order chi connectivity index (χ0) is 13.8. The number of aromatic nitrogens is 2. The van der Waals surface area contributed by atoms with Gasteiger partial charge in [0.2, 0.25) is 0 Å². The third-order valence-electron chi connectivity index (χ3n) is 2.74. The van der Waals surface area contributed by atoms with Crippen LogP contribution >= 0.6 is 11.6 Å². The summed E-state index contributed by atoms with van der Waals surface area (Å²) in [6, 6.07) is 8.02. The molecule has 1 heterocycles. The van der Waals surface area contributed by atoms with E-state index >= 15 is 0 Å². The van der Waals surface area contributed by atoms with Gasteiger partial charge in [-0.1, -0.05) is 24.6 Å². The maximum Gasteiger partial charge on any atom is 0.137 e. The van der Waals surface area contributed by atoms with Crippen LogP contribution in [-0.4, -0.2) is 17.0 Å². The molecule has 0 unspecified atom stereocenters. The van der Waals surface area contributed by atoms with E-state index < -0.39 is 0 Å². The van der Waals surface area contributed by atoms with Gasteiger partial charge in [0.1, 0.15) is 22.6 Å². The van der Waals surface area contributed by atoms with Crippen molar-refractivity contribution in [3.8, 4) is 0 Å². The molecular weight excluding hydrogens is 265 g/mol. The maximum absolute atomic E-state index is 13.2. The Balaban J connectivity index is 2.35. The summed E-state index contributed by atoms with van der Waals surface area (Å²) >= 11 is 6.00. The van der Waals surface area contributed by atoms with Crippen molar-refractivity contribution in [1.29, 1.82) is 0 Å². The van der Waals surface area contributed by atoms with Crippen LogP contribution in [0, 0.1) is 5.82 Å². The predicted octanol–water partition coefficient (Wildman–Crippen LogP) is 3.99. The summed E-state index contributed by atoms with van der Waals surface area (Å²) < 4.78 is 13.2. The van der Waals surface area contributed by atoms with Crippen LogP contribution in [0.25, 0.3) is 0 Å². The summed E-state index contributed by atoms with van der Waals surface area (Å²) in [5, 5.41) is 0.400. The second kappa shape index (κ2) is 5.97. The number of anilines is 2. The molecule has 5 heteroatoms. The highest BCUT2D eigenvalue weighted by atomic mass is 35.5. The van der Waals surface area contributed by atoms with E-state index in [1.165, 1.54) is 12.1 Å². The van der Waals surface area contributed by atoms with Crippen molar-refractivity contribution < 1.29 is 4.39 Å². The summed E-state index contributed by atoms with van der Waals surface area (Å²) in [6.07, 6.45) is 1.72. The molecule has 0 fully saturated rings. The lowest BCUT2D eigenvalue weighted by Crippen LogP contribution is -2.13. The van der Waals surface area contributed by atoms with Crippen LogP contribution in [-0.2, 0) is 6.42 Å². The fraction of sp³-hybridized carbons (Fsp3) is 0.286. The molecule has 0 N–H and O–H groups in total. The molecule has 0 aliphatic carbocycles. The zero-order valence-corrected chi connectivity index (χ0v) is 11.7. The molecule has 0 atom stereocenters. The number of hydrogen-bond acceptors (Lipinski definition) is 3. The van der Waals surface area contributed by atoms with Crippen LogP contribution < -0.4 is 4.90 Å². The van der Waals surface area contributed by atoms with Gasteiger partial charge in [0, 0.05) is 25.2 Å². The smallest absolute Gasteiger partial charge is 0.137 e. The van der Waals surface area contributed by atoms with Gasteiger partial charge in [0.25, 0.3) is 0 Å². The van der Waals surface area contributed by atoms with Gasteiger partial charge in [-0.2, -0.15) is 0 Å². The number of halogens is 2. The minimum Gasteiger partial charge on any atom is -0.329 e. The van der Waals surface area contributed by atoms with E-state index in [0.717, 1.165) is 18.5 Å². The van der Waals surface area contributed by atoms with Gasteiger partial charge in [-0.15, -0.1) is 0 Å². The van der Waals surface area contributed by atoms with Crippen LogP contribution in [0.4, 0.5) is 15.9 Å². The molecular formula is C14H15ClFN3. The van der Waals surface area contributed by atoms with Gasteiger partial charge in [-0.25, -0.2) is 14.4 Å². The summed E-state index contributed by atoms with van der Waals surface area (Å²) in [5.41, 5.74) is 0.720. The minimum absolute atomic E-state index is 0.279. The van der Waals surface area contributed by atoms with Gasteiger partial charge >= 0.3 is 0 Å². The van der Waals surface area contributed by atoms with Crippen molar-refractivity contribution >= 4 is 23.1 Å². The molecule has 0 saturated heterocycles. The lowest BCUT2D eigenvalue weighted by Gasteiger charge is -2.19. The lowest BCUT2D eigenvalue weighted by atomic mass is 10.3. The molecule has 0 saturated carbocycles. The monoisotopic (exact) mass is 279 g/mol. The van der Waals surface area contributed by atoms with Gasteiger partial charge in [0.05, 0.1) is 0 Å². The lowest BCUT2D eigenvalue weighted by molar-refractivity contribution is 0.628. The fourth-order valence-corrected chi connectivity index (χ4v) is 1.97. The summed E-state index contributed by atoms with van der Waals surface area (Å²) in [5.74, 6) is 1.08. The number of hydrogen-bond donors (Lipinski definition) is 0. The van der Waals surface area contributed by atoms with Crippen molar-refractivity contribution in [3.05, 3.63) is 47.1 Å². The van der Waals surface area contributed by atoms with Crippen LogP contribution in [0.1, 0.15) is 19.2 Å². The topological polar surface area (TPSA) is 29.0 Å². The SMILES string of the molecule is CCCc1nc(Cl)cc(N(C)c2cccc(F)c2)n1. The number of rotatable bonds is 4. The van der Waals surface area contributed by atoms with Crippen LogP contribution in [0.2, 0.25) is 5.15 Å². The average molecular weight is 280 g/mol. The van der Waals surface area contributed by atoms with Gasteiger partial charge in [-0.05, 0) is 24.6 Å². The predicted molar refractivity (Wildman–Crippen MR) is 75.5 cm³/mol. The first-order valence-corrected chi connectivity index (χ1v) is 6.50. The molecule has 1 aromatic heterocycles. The first-order valence-electron chi connectivity index (χ1n) is 6.13. The van der Waals surface area contributed by atoms with Crippen molar-refractivity contribution in [3.63, 3.8) is 0 Å². The van der Waals surface area contributed by atoms with Gasteiger partial charge in [-0.3, -0.25) is 0 Å². The van der Waals surface area contributed by atoms with Crippen molar-refractivity contribution in [2.24, 2.45) is 0 Å². The number of nitrogens with zero attached hydrogens (tertiary/aromatic N) is 3. The van der Waals surface area contributed by atoms with E-state index in [1.807, 2.05) is 13.1 Å². The molecule has 0 aliphatic heterocycles. The summed E-state index contributed by atoms with van der Waals surface area (Å²) in [4.78, 5) is 10.4. The third kappa shape index (κ3) is 3.41. The molecule has 0 amide bonds. The molecule has 100 valence electrons. The van der Waals surface area contributed by atoms with E-state index in [1.54, 1.807) is 17.0 Å². The molecule has 1 aromatic carbocycles. The Morgan fingerprint density at radius 3 is 2.74 bits per heavy atom. The Morgan fingerprint density at radius 1 is 1.26 bits per heavy atom. The number of benzene rings is 1. The fourth-order valence-electron chi connectivity index (χ4n) is 1.78. The Morgan fingerprint density at radius 2 is 2.05 bits per heavy atom. The molecule has 19 heavy (non-hydrogen) atoms. The second-order valence-electron chi connectivity index (χ2n) is 4.25. The molecule has 0 radical (unpaired) electrons. The molecule has 2 rings (SSSR count). The van der Waals surface area contributed by atoms with E-state index in [4.69, 9.17) is 11.6 Å². The van der Waals surface area contributed by atoms with E-state index in [-0.39, 0.29) is 5.82 Å². The Bertz CT molecular complexity index is 574.